The molecule has 0 aliphatic carbocycles. The Morgan fingerprint density at radius 1 is 0.594 bits per heavy atom. The number of nitrogens with one attached hydrogen (secondary N) is 1. The highest BCUT2D eigenvalue weighted by atomic mass is 16.7. The Hall–Kier alpha value is -3.16. The fraction of sp³-hybridized carbons (Fsp3) is 0.724. The summed E-state index contributed by atoms with van der Waals surface area (Å²) in [6.45, 7) is 5.56. The van der Waals surface area contributed by atoms with Crippen LogP contribution < -0.4 is 5.32 Å². The van der Waals surface area contributed by atoms with E-state index in [1.807, 2.05) is 48.6 Å². The number of esters is 1. The monoisotopic (exact) mass is 970 g/mol. The molecule has 69 heavy (non-hydrogen) atoms. The van der Waals surface area contributed by atoms with E-state index in [0.717, 1.165) is 70.6 Å². The fourth-order valence-electron chi connectivity index (χ4n) is 8.00. The predicted octanol–water partition coefficient (Wildman–Crippen LogP) is 11.8. The zero-order valence-corrected chi connectivity index (χ0v) is 43.4. The molecule has 1 saturated heterocycles. The van der Waals surface area contributed by atoms with Gasteiger partial charge in [-0.05, 0) is 57.8 Å². The molecule has 0 spiro atoms. The summed E-state index contributed by atoms with van der Waals surface area (Å²) in [5.41, 5.74) is 0. The Morgan fingerprint density at radius 2 is 1.10 bits per heavy atom. The van der Waals surface area contributed by atoms with Crippen molar-refractivity contribution in [3.8, 4) is 0 Å². The van der Waals surface area contributed by atoms with E-state index >= 15 is 0 Å². The van der Waals surface area contributed by atoms with Crippen LogP contribution in [0.1, 0.15) is 207 Å². The Kier molecular flexibility index (Phi) is 42.5. The van der Waals surface area contributed by atoms with Crippen molar-refractivity contribution in [1.82, 2.24) is 5.32 Å². The number of rotatable bonds is 44. The smallest absolute Gasteiger partial charge is 0.306 e. The van der Waals surface area contributed by atoms with Crippen LogP contribution in [0.3, 0.4) is 0 Å². The van der Waals surface area contributed by atoms with Gasteiger partial charge in [-0.25, -0.2) is 0 Å². The molecule has 1 rings (SSSR count). The minimum Gasteiger partial charge on any atom is -0.454 e. The third-order valence-electron chi connectivity index (χ3n) is 12.4. The van der Waals surface area contributed by atoms with Gasteiger partial charge in [0.1, 0.15) is 24.4 Å². The quantitative estimate of drug-likeness (QED) is 0.0149. The van der Waals surface area contributed by atoms with Crippen molar-refractivity contribution in [3.05, 3.63) is 85.1 Å². The summed E-state index contributed by atoms with van der Waals surface area (Å²) in [5, 5.41) is 56.6. The Morgan fingerprint density at radius 3 is 1.68 bits per heavy atom. The minimum absolute atomic E-state index is 0.0760. The maximum atomic E-state index is 13.3. The molecule has 8 atom stereocenters. The molecule has 1 aliphatic heterocycles. The predicted molar refractivity (Wildman–Crippen MR) is 282 cm³/mol. The highest BCUT2D eigenvalue weighted by molar-refractivity contribution is 5.81. The number of hydrogen-bond acceptors (Lipinski definition) is 10. The van der Waals surface area contributed by atoms with Crippen LogP contribution in [0, 0.1) is 0 Å². The zero-order valence-electron chi connectivity index (χ0n) is 43.4. The Balaban J connectivity index is 2.82. The number of ether oxygens (including phenoxy) is 3. The van der Waals surface area contributed by atoms with E-state index in [1.165, 1.54) is 89.9 Å². The molecular weight excluding hydrogens is 871 g/mol. The standard InChI is InChI=1S/C58H99NO10/c1-4-7-10-13-16-19-22-25-26-28-31-34-37-40-43-46-53(63)69-56-55(65)54(64)52(47-60)68-58(56)67-48-49(50(61)44-41-38-35-32-30-27-23-20-17-14-11-8-5-2)59-57(66)51(62)45-42-39-36-33-29-24-21-18-15-12-9-6-3/h7,10,13,16,19,22,25-26,29,33,39,41-42,44,49-52,54-56,58,60-62,64-65H,4-6,8-9,11-12,14-15,17-18,20-21,23-24,27-28,30-32,34-38,40,43,45-48H2,1-3H3,(H,59,66)/b10-7+,16-13+,22-19+,26-25-,33-29-,42-39+,44-41+. The first-order valence-electron chi connectivity index (χ1n) is 27.4. The highest BCUT2D eigenvalue weighted by Gasteiger charge is 2.47. The van der Waals surface area contributed by atoms with Crippen molar-refractivity contribution in [2.24, 2.45) is 0 Å². The van der Waals surface area contributed by atoms with Crippen LogP contribution in [0.2, 0.25) is 0 Å². The summed E-state index contributed by atoms with van der Waals surface area (Å²) in [6, 6.07) is -1.06. The summed E-state index contributed by atoms with van der Waals surface area (Å²) >= 11 is 0. The molecular formula is C58H99NO10. The van der Waals surface area contributed by atoms with Gasteiger partial charge in [0, 0.05) is 12.8 Å². The lowest BCUT2D eigenvalue weighted by atomic mass is 9.99. The third kappa shape index (κ3) is 34.7. The van der Waals surface area contributed by atoms with E-state index in [1.54, 1.807) is 12.2 Å². The number of carbonyl (C=O) groups is 2. The second kappa shape index (κ2) is 45.9. The van der Waals surface area contributed by atoms with Crippen molar-refractivity contribution < 1.29 is 49.3 Å². The fourth-order valence-corrected chi connectivity index (χ4v) is 8.00. The van der Waals surface area contributed by atoms with E-state index in [0.29, 0.717) is 12.8 Å². The summed E-state index contributed by atoms with van der Waals surface area (Å²) in [7, 11) is 0. The average Bonchev–Trinajstić information content (AvgIpc) is 3.34. The molecule has 11 nitrogen and oxygen atoms in total. The second-order valence-electron chi connectivity index (χ2n) is 18.7. The van der Waals surface area contributed by atoms with Gasteiger partial charge >= 0.3 is 5.97 Å². The maximum Gasteiger partial charge on any atom is 0.306 e. The van der Waals surface area contributed by atoms with Crippen molar-refractivity contribution in [1.29, 1.82) is 0 Å². The topological polar surface area (TPSA) is 175 Å². The summed E-state index contributed by atoms with van der Waals surface area (Å²) in [4.78, 5) is 26.3. The van der Waals surface area contributed by atoms with E-state index < -0.39 is 67.4 Å². The number of unbranched alkanes of at least 4 members (excludes halogenated alkanes) is 22. The molecule has 1 fully saturated rings. The van der Waals surface area contributed by atoms with E-state index in [-0.39, 0.29) is 19.4 Å². The first-order valence-corrected chi connectivity index (χ1v) is 27.4. The van der Waals surface area contributed by atoms with Crippen LogP contribution in [0.4, 0.5) is 0 Å². The van der Waals surface area contributed by atoms with Crippen LogP contribution >= 0.6 is 0 Å². The van der Waals surface area contributed by atoms with Crippen LogP contribution in [0.15, 0.2) is 85.1 Å². The molecule has 0 bridgehead atoms. The Bertz CT molecular complexity index is 1440. The molecule has 11 heteroatoms. The van der Waals surface area contributed by atoms with Crippen molar-refractivity contribution in [2.45, 2.75) is 256 Å². The number of hydrogen-bond donors (Lipinski definition) is 6. The zero-order chi connectivity index (χ0) is 50.4. The molecule has 1 amide bonds. The molecule has 6 N–H and O–H groups in total. The normalized spacial score (nSPS) is 20.5. The molecule has 1 aliphatic rings. The largest absolute Gasteiger partial charge is 0.454 e. The van der Waals surface area contributed by atoms with Crippen LogP contribution in [0.25, 0.3) is 0 Å². The highest BCUT2D eigenvalue weighted by Crippen LogP contribution is 2.26. The lowest BCUT2D eigenvalue weighted by Gasteiger charge is -2.41. The molecule has 0 aromatic rings. The minimum atomic E-state index is -1.63. The molecule has 0 radical (unpaired) electrons. The van der Waals surface area contributed by atoms with Gasteiger partial charge in [-0.3, -0.25) is 9.59 Å². The summed E-state index contributed by atoms with van der Waals surface area (Å²) < 4.78 is 17.5. The Labute approximate surface area is 419 Å². The van der Waals surface area contributed by atoms with Crippen LogP contribution in [0.5, 0.6) is 0 Å². The van der Waals surface area contributed by atoms with Gasteiger partial charge in [0.15, 0.2) is 12.4 Å². The van der Waals surface area contributed by atoms with Crippen molar-refractivity contribution in [2.75, 3.05) is 13.2 Å². The number of allylic oxidation sites excluding steroid dienone is 12. The van der Waals surface area contributed by atoms with E-state index in [9.17, 15) is 35.1 Å². The summed E-state index contributed by atoms with van der Waals surface area (Å²) in [6.07, 6.45) is 47.9. The first kappa shape index (κ1) is 63.9. The lowest BCUT2D eigenvalue weighted by Crippen LogP contribution is -2.61. The van der Waals surface area contributed by atoms with Gasteiger partial charge in [-0.15, -0.1) is 0 Å². The van der Waals surface area contributed by atoms with Crippen LogP contribution in [-0.2, 0) is 23.8 Å². The first-order chi connectivity index (χ1) is 33.7. The van der Waals surface area contributed by atoms with Crippen LogP contribution in [-0.4, -0.2) is 99.6 Å². The molecule has 0 aromatic carbocycles. The number of carbonyl (C=O) groups excluding carboxylic acids is 2. The van der Waals surface area contributed by atoms with Gasteiger partial charge in [0.25, 0.3) is 0 Å². The molecule has 396 valence electrons. The number of aliphatic hydroxyl groups excluding tert-OH is 5. The maximum absolute atomic E-state index is 13.3. The number of amides is 1. The second-order valence-corrected chi connectivity index (χ2v) is 18.7. The molecule has 0 saturated carbocycles. The van der Waals surface area contributed by atoms with Gasteiger partial charge in [0.2, 0.25) is 5.91 Å². The lowest BCUT2D eigenvalue weighted by molar-refractivity contribution is -0.305. The third-order valence-corrected chi connectivity index (χ3v) is 12.4. The van der Waals surface area contributed by atoms with E-state index in [4.69, 9.17) is 14.2 Å². The van der Waals surface area contributed by atoms with Gasteiger partial charge in [-0.2, -0.15) is 0 Å². The van der Waals surface area contributed by atoms with Gasteiger partial charge < -0.3 is 45.1 Å². The summed E-state index contributed by atoms with van der Waals surface area (Å²) in [5.74, 6) is -1.30. The SMILES string of the molecule is CC/C=C/C=C/C=C/C=C\CCCCCCCC(=O)OC1C(OCC(NC(=O)C(O)C/C=C/C/C=C\CCCCCCCC)C(O)/C=C/CCCCCCCCCCCCC)OC(CO)C(O)C1O. The van der Waals surface area contributed by atoms with E-state index in [2.05, 4.69) is 50.4 Å². The average molecular weight is 970 g/mol. The molecule has 1 heterocycles. The van der Waals surface area contributed by atoms with Gasteiger partial charge in [-0.1, -0.05) is 221 Å². The number of aliphatic hydroxyl groups is 5. The van der Waals surface area contributed by atoms with Crippen molar-refractivity contribution in [3.63, 3.8) is 0 Å². The van der Waals surface area contributed by atoms with Gasteiger partial charge in [0.05, 0.1) is 25.4 Å². The van der Waals surface area contributed by atoms with Crippen molar-refractivity contribution >= 4 is 11.9 Å². The molecule has 8 unspecified atom stereocenters. The molecule has 0 aromatic heterocycles.